The Morgan fingerprint density at radius 3 is 2.43 bits per heavy atom. The third-order valence-electron chi connectivity index (χ3n) is 3.82. The van der Waals surface area contributed by atoms with Gasteiger partial charge in [0, 0.05) is 11.0 Å². The molecule has 0 saturated heterocycles. The van der Waals surface area contributed by atoms with Crippen LogP contribution in [0.15, 0.2) is 47.4 Å². The van der Waals surface area contributed by atoms with Crippen molar-refractivity contribution in [3.63, 3.8) is 0 Å². The van der Waals surface area contributed by atoms with Crippen LogP contribution in [0.4, 0.5) is 23.2 Å². The van der Waals surface area contributed by atoms with Crippen LogP contribution in [-0.4, -0.2) is 32.7 Å². The molecular formula is C19H19F4NO4S2. The number of carbonyl (C=O) groups is 1. The number of halogens is 4. The first kappa shape index (κ1) is 24.0. The predicted molar refractivity (Wildman–Crippen MR) is 107 cm³/mol. The van der Waals surface area contributed by atoms with Crippen molar-refractivity contribution in [3.05, 3.63) is 53.8 Å². The van der Waals surface area contributed by atoms with Gasteiger partial charge in [-0.1, -0.05) is 19.1 Å². The minimum absolute atomic E-state index is 0.129. The smallest absolute Gasteiger partial charge is 0.446 e. The van der Waals surface area contributed by atoms with Gasteiger partial charge >= 0.3 is 5.51 Å². The van der Waals surface area contributed by atoms with Gasteiger partial charge in [0.1, 0.15) is 0 Å². The normalized spacial score (nSPS) is 11.9. The second-order valence-corrected chi connectivity index (χ2v) is 9.24. The van der Waals surface area contributed by atoms with Gasteiger partial charge in [-0.05, 0) is 48.0 Å². The summed E-state index contributed by atoms with van der Waals surface area (Å²) in [6, 6.07) is 8.42. The number of benzene rings is 2. The molecule has 0 radical (unpaired) electrons. The van der Waals surface area contributed by atoms with Crippen LogP contribution >= 0.6 is 11.8 Å². The van der Waals surface area contributed by atoms with Crippen LogP contribution in [-0.2, 0) is 21.2 Å². The molecule has 164 valence electrons. The minimum Gasteiger partial charge on any atom is -0.494 e. The lowest BCUT2D eigenvalue weighted by molar-refractivity contribution is -0.116. The maximum atomic E-state index is 14.1. The van der Waals surface area contributed by atoms with Crippen LogP contribution in [0, 0.1) is 5.82 Å². The monoisotopic (exact) mass is 465 g/mol. The number of ether oxygens (including phenoxy) is 1. The van der Waals surface area contributed by atoms with E-state index < -0.39 is 33.7 Å². The summed E-state index contributed by atoms with van der Waals surface area (Å²) in [5, 5.41) is 0. The van der Waals surface area contributed by atoms with E-state index in [-0.39, 0.29) is 45.8 Å². The number of sulfonamides is 1. The number of thioether (sulfide) groups is 1. The minimum atomic E-state index is -4.50. The Labute approximate surface area is 176 Å². The summed E-state index contributed by atoms with van der Waals surface area (Å²) in [7, 11) is -2.89. The van der Waals surface area contributed by atoms with E-state index in [9.17, 15) is 30.8 Å². The molecule has 11 heteroatoms. The molecule has 0 spiro atoms. The number of rotatable bonds is 8. The quantitative estimate of drug-likeness (QED) is 0.416. The number of anilines is 1. The molecule has 0 bridgehead atoms. The lowest BCUT2D eigenvalue weighted by atomic mass is 10.1. The third kappa shape index (κ3) is 6.36. The Kier molecular flexibility index (Phi) is 7.75. The molecule has 2 rings (SSSR count). The van der Waals surface area contributed by atoms with Crippen molar-refractivity contribution in [2.75, 3.05) is 17.2 Å². The van der Waals surface area contributed by atoms with E-state index >= 15 is 0 Å². The SMILES string of the molecule is CCCS(=O)(=O)N(C(=O)Cc1cccc(SC(F)(F)F)c1)c1ccc(OC)c(F)c1. The molecule has 0 aliphatic rings. The Balaban J connectivity index is 2.39. The summed E-state index contributed by atoms with van der Waals surface area (Å²) in [5.41, 5.74) is -4.52. The number of amides is 1. The molecule has 0 aromatic heterocycles. The predicted octanol–water partition coefficient (Wildman–Crippen LogP) is 4.76. The number of hydrogen-bond acceptors (Lipinski definition) is 5. The fraction of sp³-hybridized carbons (Fsp3) is 0.316. The average Bonchev–Trinajstić information content (AvgIpc) is 2.60. The van der Waals surface area contributed by atoms with Gasteiger partial charge in [0.05, 0.1) is 25.0 Å². The molecule has 0 aliphatic carbocycles. The second kappa shape index (κ2) is 9.69. The van der Waals surface area contributed by atoms with Gasteiger partial charge in [0.2, 0.25) is 15.9 Å². The van der Waals surface area contributed by atoms with E-state index in [0.29, 0.717) is 4.31 Å². The van der Waals surface area contributed by atoms with Crippen molar-refractivity contribution < 1.29 is 35.5 Å². The van der Waals surface area contributed by atoms with E-state index in [4.69, 9.17) is 4.74 Å². The maximum Gasteiger partial charge on any atom is 0.446 e. The Morgan fingerprint density at radius 2 is 1.87 bits per heavy atom. The first-order valence-corrected chi connectivity index (χ1v) is 11.1. The van der Waals surface area contributed by atoms with E-state index in [1.807, 2.05) is 0 Å². The number of methoxy groups -OCH3 is 1. The molecule has 0 N–H and O–H groups in total. The van der Waals surface area contributed by atoms with Crippen molar-refractivity contribution in [2.45, 2.75) is 30.2 Å². The van der Waals surface area contributed by atoms with Crippen LogP contribution in [0.5, 0.6) is 5.75 Å². The largest absolute Gasteiger partial charge is 0.494 e. The molecule has 30 heavy (non-hydrogen) atoms. The lowest BCUT2D eigenvalue weighted by Crippen LogP contribution is -2.39. The highest BCUT2D eigenvalue weighted by atomic mass is 32.2. The number of hydrogen-bond donors (Lipinski definition) is 0. The topological polar surface area (TPSA) is 63.7 Å². The van der Waals surface area contributed by atoms with Gasteiger partial charge in [-0.25, -0.2) is 17.1 Å². The first-order valence-electron chi connectivity index (χ1n) is 8.71. The van der Waals surface area contributed by atoms with E-state index in [2.05, 4.69) is 0 Å². The van der Waals surface area contributed by atoms with E-state index in [1.165, 1.54) is 37.4 Å². The van der Waals surface area contributed by atoms with Gasteiger partial charge in [-0.2, -0.15) is 13.2 Å². The van der Waals surface area contributed by atoms with Crippen LogP contribution in [0.1, 0.15) is 18.9 Å². The van der Waals surface area contributed by atoms with Gasteiger partial charge in [0.25, 0.3) is 0 Å². The standard InChI is InChI=1S/C19H19F4NO4S2/c1-3-9-30(26,27)24(14-7-8-17(28-2)16(20)12-14)18(25)11-13-5-4-6-15(10-13)29-19(21,22)23/h4-8,10,12H,3,9,11H2,1-2H3. The van der Waals surface area contributed by atoms with Gasteiger partial charge < -0.3 is 4.74 Å². The summed E-state index contributed by atoms with van der Waals surface area (Å²) in [5.74, 6) is -2.27. The highest BCUT2D eigenvalue weighted by molar-refractivity contribution is 8.00. The fourth-order valence-electron chi connectivity index (χ4n) is 2.69. The average molecular weight is 465 g/mol. The molecule has 0 heterocycles. The van der Waals surface area contributed by atoms with Gasteiger partial charge in [-0.15, -0.1) is 0 Å². The molecular weight excluding hydrogens is 446 g/mol. The van der Waals surface area contributed by atoms with Crippen molar-refractivity contribution in [1.29, 1.82) is 0 Å². The highest BCUT2D eigenvalue weighted by Crippen LogP contribution is 2.37. The molecule has 1 amide bonds. The molecule has 2 aromatic rings. The van der Waals surface area contributed by atoms with Crippen molar-refractivity contribution >= 4 is 33.4 Å². The molecule has 0 fully saturated rings. The molecule has 2 aromatic carbocycles. The summed E-state index contributed by atoms with van der Waals surface area (Å²) in [6.45, 7) is 1.60. The molecule has 0 aliphatic heterocycles. The van der Waals surface area contributed by atoms with Gasteiger partial charge in [-0.3, -0.25) is 4.79 Å². The molecule has 0 unspecified atom stereocenters. The van der Waals surface area contributed by atoms with E-state index in [1.54, 1.807) is 6.92 Å². The molecule has 5 nitrogen and oxygen atoms in total. The summed E-state index contributed by atoms with van der Waals surface area (Å²) >= 11 is -0.340. The van der Waals surface area contributed by atoms with Crippen molar-refractivity contribution in [3.8, 4) is 5.75 Å². The molecule has 0 atom stereocenters. The van der Waals surface area contributed by atoms with Crippen molar-refractivity contribution in [1.82, 2.24) is 0 Å². The number of nitrogens with zero attached hydrogens (tertiary/aromatic N) is 1. The summed E-state index contributed by atoms with van der Waals surface area (Å²) < 4.78 is 82.5. The van der Waals surface area contributed by atoms with Crippen molar-refractivity contribution in [2.24, 2.45) is 0 Å². The van der Waals surface area contributed by atoms with E-state index in [0.717, 1.165) is 12.1 Å². The molecule has 0 saturated carbocycles. The zero-order valence-electron chi connectivity index (χ0n) is 16.1. The number of carbonyl (C=O) groups excluding carboxylic acids is 1. The summed E-state index contributed by atoms with van der Waals surface area (Å²) in [4.78, 5) is 12.7. The first-order chi connectivity index (χ1) is 14.0. The highest BCUT2D eigenvalue weighted by Gasteiger charge is 2.31. The summed E-state index contributed by atoms with van der Waals surface area (Å²) in [6.07, 6.45) is -0.273. The third-order valence-corrected chi connectivity index (χ3v) is 6.44. The number of alkyl halides is 3. The Morgan fingerprint density at radius 1 is 1.17 bits per heavy atom. The zero-order valence-corrected chi connectivity index (χ0v) is 17.7. The lowest BCUT2D eigenvalue weighted by Gasteiger charge is -2.23. The van der Waals surface area contributed by atoms with Gasteiger partial charge in [0.15, 0.2) is 11.6 Å². The van der Waals surface area contributed by atoms with Crippen LogP contribution < -0.4 is 9.04 Å². The van der Waals surface area contributed by atoms with Crippen LogP contribution in [0.25, 0.3) is 0 Å². The zero-order chi connectivity index (χ0) is 22.5. The Bertz CT molecular complexity index is 1010. The van der Waals surface area contributed by atoms with Crippen LogP contribution in [0.3, 0.4) is 0 Å². The van der Waals surface area contributed by atoms with Crippen LogP contribution in [0.2, 0.25) is 0 Å². The Hall–Kier alpha value is -2.27. The second-order valence-electron chi connectivity index (χ2n) is 6.16. The fourth-order valence-corrected chi connectivity index (χ4v) is 4.82. The maximum absolute atomic E-state index is 14.1.